The summed E-state index contributed by atoms with van der Waals surface area (Å²) in [4.78, 5) is 33.2. The van der Waals surface area contributed by atoms with Crippen molar-refractivity contribution in [3.05, 3.63) is 100 Å². The summed E-state index contributed by atoms with van der Waals surface area (Å²) in [5.41, 5.74) is 3.63. The van der Waals surface area contributed by atoms with E-state index in [1.165, 1.54) is 0 Å². The summed E-state index contributed by atoms with van der Waals surface area (Å²) in [5.74, 6) is -0.266. The Morgan fingerprint density at radius 1 is 1.05 bits per heavy atom. The molecule has 1 N–H and O–H groups in total. The van der Waals surface area contributed by atoms with Crippen LogP contribution in [-0.4, -0.2) is 52.1 Å². The lowest BCUT2D eigenvalue weighted by Gasteiger charge is -2.25. The SMILES string of the molecule is Cc1ccccc1C(=O)N(CC(=O)Nc1nc(-c2ccc(Cl)cc2)cn1-c1cccc(Cl)c1)C[C@H]1CCCO1. The molecule has 0 unspecified atom stereocenters. The molecule has 4 aromatic rings. The van der Waals surface area contributed by atoms with E-state index in [0.29, 0.717) is 40.4 Å². The summed E-state index contributed by atoms with van der Waals surface area (Å²) in [7, 11) is 0. The minimum atomic E-state index is -0.369. The van der Waals surface area contributed by atoms with Crippen LogP contribution in [0.25, 0.3) is 16.9 Å². The lowest BCUT2D eigenvalue weighted by atomic mass is 10.1. The number of aromatic nitrogens is 2. The third kappa shape index (κ3) is 6.50. The number of anilines is 1. The van der Waals surface area contributed by atoms with Gasteiger partial charge in [0, 0.05) is 46.2 Å². The highest BCUT2D eigenvalue weighted by Crippen LogP contribution is 2.27. The third-order valence-electron chi connectivity index (χ3n) is 6.63. The first kappa shape index (κ1) is 26.9. The summed E-state index contributed by atoms with van der Waals surface area (Å²) in [6.45, 7) is 2.73. The number of hydrogen-bond acceptors (Lipinski definition) is 4. The Morgan fingerprint density at radius 3 is 2.56 bits per heavy atom. The van der Waals surface area contributed by atoms with Crippen molar-refractivity contribution in [3.63, 3.8) is 0 Å². The van der Waals surface area contributed by atoms with Gasteiger partial charge in [0.1, 0.15) is 6.54 Å². The number of benzene rings is 3. The van der Waals surface area contributed by atoms with Crippen molar-refractivity contribution in [1.82, 2.24) is 14.5 Å². The van der Waals surface area contributed by atoms with Gasteiger partial charge in [0.25, 0.3) is 5.91 Å². The number of ether oxygens (including phenoxy) is 1. The average Bonchev–Trinajstić information content (AvgIpc) is 3.59. The molecule has 1 atom stereocenters. The van der Waals surface area contributed by atoms with Gasteiger partial charge in [-0.25, -0.2) is 4.98 Å². The normalized spacial score (nSPS) is 14.8. The molecule has 3 aromatic carbocycles. The van der Waals surface area contributed by atoms with E-state index in [-0.39, 0.29) is 24.5 Å². The Kier molecular flexibility index (Phi) is 8.31. The van der Waals surface area contributed by atoms with Crippen LogP contribution in [0, 0.1) is 6.92 Å². The van der Waals surface area contributed by atoms with Crippen LogP contribution in [0.4, 0.5) is 5.95 Å². The summed E-state index contributed by atoms with van der Waals surface area (Å²) in [6.07, 6.45) is 3.51. The van der Waals surface area contributed by atoms with Crippen molar-refractivity contribution in [3.8, 4) is 16.9 Å². The zero-order chi connectivity index (χ0) is 27.4. The molecule has 1 fully saturated rings. The molecule has 0 saturated carbocycles. The van der Waals surface area contributed by atoms with Crippen LogP contribution >= 0.6 is 23.2 Å². The summed E-state index contributed by atoms with van der Waals surface area (Å²) in [5, 5.41) is 4.09. The number of nitrogens with zero attached hydrogens (tertiary/aromatic N) is 3. The topological polar surface area (TPSA) is 76.5 Å². The first-order valence-electron chi connectivity index (χ1n) is 12.7. The van der Waals surface area contributed by atoms with Crippen molar-refractivity contribution in [2.75, 3.05) is 25.0 Å². The number of nitrogens with one attached hydrogen (secondary N) is 1. The van der Waals surface area contributed by atoms with Crippen LogP contribution in [0.2, 0.25) is 10.0 Å². The zero-order valence-corrected chi connectivity index (χ0v) is 23.0. The fourth-order valence-corrected chi connectivity index (χ4v) is 4.94. The van der Waals surface area contributed by atoms with Gasteiger partial charge in [-0.3, -0.25) is 19.5 Å². The molecule has 1 saturated heterocycles. The van der Waals surface area contributed by atoms with Gasteiger partial charge in [-0.15, -0.1) is 0 Å². The standard InChI is InChI=1S/C30H28Cl2N4O3/c1-20-6-2-3-10-26(20)29(38)35(17-25-9-5-15-39-25)19-28(37)34-30-33-27(21-11-13-22(31)14-12-21)18-36(30)24-8-4-7-23(32)16-24/h2-4,6-8,10-14,16,18,25H,5,9,15,17,19H2,1H3,(H,33,34,37)/t25-/m1/s1. The highest BCUT2D eigenvalue weighted by atomic mass is 35.5. The number of imidazole rings is 1. The van der Waals surface area contributed by atoms with Gasteiger partial charge in [-0.05, 0) is 61.7 Å². The van der Waals surface area contributed by atoms with Crippen LogP contribution in [0.5, 0.6) is 0 Å². The van der Waals surface area contributed by atoms with E-state index < -0.39 is 0 Å². The molecule has 1 aromatic heterocycles. The first-order chi connectivity index (χ1) is 18.9. The number of rotatable bonds is 8. The van der Waals surface area contributed by atoms with Gasteiger partial charge in [-0.2, -0.15) is 0 Å². The first-order valence-corrected chi connectivity index (χ1v) is 13.5. The second-order valence-corrected chi connectivity index (χ2v) is 10.4. The van der Waals surface area contributed by atoms with E-state index in [4.69, 9.17) is 32.9 Å². The summed E-state index contributed by atoms with van der Waals surface area (Å²) >= 11 is 12.3. The van der Waals surface area contributed by atoms with Crippen molar-refractivity contribution < 1.29 is 14.3 Å². The molecule has 9 heteroatoms. The van der Waals surface area contributed by atoms with Crippen molar-refractivity contribution in [2.24, 2.45) is 0 Å². The zero-order valence-electron chi connectivity index (χ0n) is 21.4. The molecule has 7 nitrogen and oxygen atoms in total. The highest BCUT2D eigenvalue weighted by Gasteiger charge is 2.26. The van der Waals surface area contributed by atoms with E-state index >= 15 is 0 Å². The van der Waals surface area contributed by atoms with Gasteiger partial charge >= 0.3 is 0 Å². The van der Waals surface area contributed by atoms with Gasteiger partial charge in [-0.1, -0.05) is 59.6 Å². The van der Waals surface area contributed by atoms with E-state index in [9.17, 15) is 9.59 Å². The molecular formula is C30H28Cl2N4O3. The van der Waals surface area contributed by atoms with Gasteiger partial charge in [0.15, 0.2) is 0 Å². The second kappa shape index (κ2) is 12.0. The Morgan fingerprint density at radius 2 is 1.85 bits per heavy atom. The van der Waals surface area contributed by atoms with Crippen LogP contribution in [0.1, 0.15) is 28.8 Å². The number of amides is 2. The van der Waals surface area contributed by atoms with Crippen molar-refractivity contribution >= 4 is 41.0 Å². The van der Waals surface area contributed by atoms with Crippen molar-refractivity contribution in [2.45, 2.75) is 25.9 Å². The Bertz CT molecular complexity index is 1480. The molecule has 2 heterocycles. The molecular weight excluding hydrogens is 535 g/mol. The molecule has 0 bridgehead atoms. The fourth-order valence-electron chi connectivity index (χ4n) is 4.63. The molecule has 200 valence electrons. The summed E-state index contributed by atoms with van der Waals surface area (Å²) in [6, 6.07) is 21.9. The van der Waals surface area contributed by atoms with Gasteiger partial charge in [0.05, 0.1) is 11.8 Å². The lowest BCUT2D eigenvalue weighted by Crippen LogP contribution is -2.42. The molecule has 5 rings (SSSR count). The summed E-state index contributed by atoms with van der Waals surface area (Å²) < 4.78 is 7.55. The molecule has 1 aliphatic heterocycles. The van der Waals surface area contributed by atoms with Gasteiger partial charge < -0.3 is 9.64 Å². The molecule has 0 aliphatic carbocycles. The maximum absolute atomic E-state index is 13.5. The quantitative estimate of drug-likeness (QED) is 0.269. The third-order valence-corrected chi connectivity index (χ3v) is 7.12. The molecule has 0 spiro atoms. The minimum absolute atomic E-state index is 0.101. The number of aryl methyl sites for hydroxylation is 1. The number of halogens is 2. The minimum Gasteiger partial charge on any atom is -0.376 e. The molecule has 1 aliphatic rings. The Labute approximate surface area is 237 Å². The largest absolute Gasteiger partial charge is 0.376 e. The number of hydrogen-bond donors (Lipinski definition) is 1. The molecule has 39 heavy (non-hydrogen) atoms. The van der Waals surface area contributed by atoms with E-state index in [1.807, 2.05) is 55.6 Å². The fraction of sp³-hybridized carbons (Fsp3) is 0.233. The average molecular weight is 563 g/mol. The van der Waals surface area contributed by atoms with Crippen LogP contribution < -0.4 is 5.32 Å². The van der Waals surface area contributed by atoms with E-state index in [2.05, 4.69) is 5.32 Å². The second-order valence-electron chi connectivity index (χ2n) is 9.49. The maximum Gasteiger partial charge on any atom is 0.254 e. The predicted octanol–water partition coefficient (Wildman–Crippen LogP) is 6.41. The molecule has 2 amide bonds. The number of carbonyl (C=O) groups is 2. The predicted molar refractivity (Wildman–Crippen MR) is 154 cm³/mol. The maximum atomic E-state index is 13.5. The van der Waals surface area contributed by atoms with Gasteiger partial charge in [0.2, 0.25) is 11.9 Å². The van der Waals surface area contributed by atoms with Crippen LogP contribution in [-0.2, 0) is 9.53 Å². The van der Waals surface area contributed by atoms with E-state index in [1.54, 1.807) is 39.8 Å². The monoisotopic (exact) mass is 562 g/mol. The molecule has 0 radical (unpaired) electrons. The van der Waals surface area contributed by atoms with Crippen LogP contribution in [0.15, 0.2) is 79.0 Å². The smallest absolute Gasteiger partial charge is 0.254 e. The van der Waals surface area contributed by atoms with E-state index in [0.717, 1.165) is 29.7 Å². The Balaban J connectivity index is 1.43. The van der Waals surface area contributed by atoms with Crippen LogP contribution in [0.3, 0.4) is 0 Å². The Hall–Kier alpha value is -3.65. The highest BCUT2D eigenvalue weighted by molar-refractivity contribution is 6.31. The number of carbonyl (C=O) groups excluding carboxylic acids is 2. The lowest BCUT2D eigenvalue weighted by molar-refractivity contribution is -0.117. The van der Waals surface area contributed by atoms with Crippen molar-refractivity contribution in [1.29, 1.82) is 0 Å².